The Balaban J connectivity index is 1.70. The summed E-state index contributed by atoms with van der Waals surface area (Å²) in [7, 11) is -2.77. The van der Waals surface area contributed by atoms with E-state index in [0.29, 0.717) is 45.6 Å². The number of aromatic carboxylic acids is 1. The molecule has 200 valence electrons. The third kappa shape index (κ3) is 5.40. The molecule has 0 amide bonds. The number of halogens is 1. The predicted molar refractivity (Wildman–Crippen MR) is 140 cm³/mol. The first kappa shape index (κ1) is 26.5. The highest BCUT2D eigenvalue weighted by molar-refractivity contribution is 7.89. The third-order valence-electron chi connectivity index (χ3n) is 6.44. The summed E-state index contributed by atoms with van der Waals surface area (Å²) >= 11 is 1.14. The van der Waals surface area contributed by atoms with Crippen molar-refractivity contribution < 1.29 is 27.4 Å². The molecule has 0 unspecified atom stereocenters. The molecule has 1 saturated carbocycles. The topological polar surface area (TPSA) is 161 Å². The second-order valence-corrected chi connectivity index (χ2v) is 11.5. The molecule has 2 heterocycles. The van der Waals surface area contributed by atoms with Gasteiger partial charge in [0.15, 0.2) is 5.69 Å². The summed E-state index contributed by atoms with van der Waals surface area (Å²) in [6, 6.07) is 10.9. The van der Waals surface area contributed by atoms with Gasteiger partial charge in [0.05, 0.1) is 24.1 Å². The average Bonchev–Trinajstić information content (AvgIpc) is 3.45. The number of carbonyl (C=O) groups is 1. The maximum atomic E-state index is 14.7. The van der Waals surface area contributed by atoms with Crippen molar-refractivity contribution in [2.75, 3.05) is 7.11 Å². The molecule has 0 spiro atoms. The number of nitrogens with two attached hydrogens (primary N) is 1. The van der Waals surface area contributed by atoms with E-state index in [-0.39, 0.29) is 12.1 Å². The Labute approximate surface area is 227 Å². The lowest BCUT2D eigenvalue weighted by molar-refractivity contribution is 0.0691. The minimum absolute atomic E-state index is 0.105. The van der Waals surface area contributed by atoms with Crippen LogP contribution in [0.15, 0.2) is 46.7 Å². The quantitative estimate of drug-likeness (QED) is 0.308. The molecule has 1 aliphatic carbocycles. The molecule has 39 heavy (non-hydrogen) atoms. The van der Waals surface area contributed by atoms with Crippen molar-refractivity contribution in [3.63, 3.8) is 0 Å². The Morgan fingerprint density at radius 3 is 2.67 bits per heavy atom. The van der Waals surface area contributed by atoms with E-state index in [9.17, 15) is 28.0 Å². The van der Waals surface area contributed by atoms with Gasteiger partial charge in [0.2, 0.25) is 15.2 Å². The number of hydrogen-bond acceptors (Lipinski definition) is 8. The van der Waals surface area contributed by atoms with Crippen LogP contribution in [0.4, 0.5) is 4.39 Å². The number of ether oxygens (including phenoxy) is 1. The number of hydrogen-bond donors (Lipinski definition) is 2. The van der Waals surface area contributed by atoms with Crippen molar-refractivity contribution in [3.05, 3.63) is 75.7 Å². The van der Waals surface area contributed by atoms with Crippen LogP contribution in [-0.2, 0) is 22.9 Å². The van der Waals surface area contributed by atoms with E-state index in [1.54, 1.807) is 22.9 Å². The number of carboxylic acids is 1. The fraction of sp³-hybridized carbons (Fsp3) is 0.231. The average molecular weight is 568 g/mol. The Morgan fingerprint density at radius 1 is 1.31 bits per heavy atom. The number of carboxylic acid groups (broad SMARTS) is 1. The molecular weight excluding hydrogens is 545 g/mol. The zero-order valence-corrected chi connectivity index (χ0v) is 22.2. The number of thiazole rings is 1. The molecular formula is C26H22FN5O5S2. The molecule has 2 aromatic carbocycles. The van der Waals surface area contributed by atoms with Crippen molar-refractivity contribution in [1.82, 2.24) is 14.8 Å². The first-order chi connectivity index (χ1) is 18.6. The smallest absolute Gasteiger partial charge is 0.355 e. The summed E-state index contributed by atoms with van der Waals surface area (Å²) in [5.41, 5.74) is 3.41. The third-order valence-corrected chi connectivity index (χ3v) is 8.20. The minimum atomic E-state index is -4.23. The Bertz CT molecular complexity index is 1750. The summed E-state index contributed by atoms with van der Waals surface area (Å²) in [6.45, 7) is 0. The highest BCUT2D eigenvalue weighted by atomic mass is 32.2. The summed E-state index contributed by atoms with van der Waals surface area (Å²) in [5, 5.41) is 30.6. The zero-order chi connectivity index (χ0) is 27.9. The highest BCUT2D eigenvalue weighted by Crippen LogP contribution is 2.39. The number of methoxy groups -OCH3 is 1. The first-order valence-electron chi connectivity index (χ1n) is 11.8. The van der Waals surface area contributed by atoms with Crippen LogP contribution < -0.4 is 9.88 Å². The predicted octanol–water partition coefficient (Wildman–Crippen LogP) is 3.90. The van der Waals surface area contributed by atoms with E-state index in [1.165, 1.54) is 18.6 Å². The van der Waals surface area contributed by atoms with Gasteiger partial charge in [-0.05, 0) is 55.0 Å². The molecule has 0 aliphatic heterocycles. The van der Waals surface area contributed by atoms with Gasteiger partial charge in [0.25, 0.3) is 0 Å². The fourth-order valence-electron chi connectivity index (χ4n) is 4.35. The van der Waals surface area contributed by atoms with Crippen molar-refractivity contribution >= 4 is 27.3 Å². The summed E-state index contributed by atoms with van der Waals surface area (Å²) in [6.07, 6.45) is 2.88. The highest BCUT2D eigenvalue weighted by Gasteiger charge is 2.30. The van der Waals surface area contributed by atoms with Gasteiger partial charge in [-0.2, -0.15) is 10.4 Å². The van der Waals surface area contributed by atoms with E-state index in [2.05, 4.69) is 11.1 Å². The molecule has 0 radical (unpaired) electrons. The largest absolute Gasteiger partial charge is 0.495 e. The molecule has 4 aromatic rings. The minimum Gasteiger partial charge on any atom is -0.495 e. The molecule has 5 rings (SSSR count). The number of rotatable bonds is 9. The van der Waals surface area contributed by atoms with Crippen LogP contribution in [0.5, 0.6) is 5.75 Å². The molecule has 10 nitrogen and oxygen atoms in total. The van der Waals surface area contributed by atoms with E-state index in [4.69, 9.17) is 15.0 Å². The van der Waals surface area contributed by atoms with E-state index in [0.717, 1.165) is 47.6 Å². The van der Waals surface area contributed by atoms with Crippen LogP contribution >= 0.6 is 11.3 Å². The van der Waals surface area contributed by atoms with Crippen molar-refractivity contribution in [1.29, 1.82) is 5.26 Å². The van der Waals surface area contributed by atoms with E-state index < -0.39 is 26.7 Å². The van der Waals surface area contributed by atoms with Crippen molar-refractivity contribution in [3.8, 4) is 28.2 Å². The first-order valence-corrected chi connectivity index (χ1v) is 14.2. The van der Waals surface area contributed by atoms with Gasteiger partial charge in [-0.15, -0.1) is 11.3 Å². The van der Waals surface area contributed by atoms with E-state index in [1.807, 2.05) is 0 Å². The van der Waals surface area contributed by atoms with E-state index >= 15 is 0 Å². The van der Waals surface area contributed by atoms with Gasteiger partial charge in [-0.25, -0.2) is 32.4 Å². The molecule has 0 bridgehead atoms. The lowest BCUT2D eigenvalue weighted by atomic mass is 9.96. The molecule has 0 atom stereocenters. The van der Waals surface area contributed by atoms with Crippen molar-refractivity contribution in [2.45, 2.75) is 30.6 Å². The fourth-order valence-corrected chi connectivity index (χ4v) is 5.71. The lowest BCUT2D eigenvalue weighted by Crippen LogP contribution is -2.14. The summed E-state index contributed by atoms with van der Waals surface area (Å²) in [5.74, 6) is -1.36. The summed E-state index contributed by atoms with van der Waals surface area (Å²) < 4.78 is 45.2. The molecule has 3 N–H and O–H groups in total. The van der Waals surface area contributed by atoms with Gasteiger partial charge in [-0.1, -0.05) is 12.1 Å². The Morgan fingerprint density at radius 2 is 2.08 bits per heavy atom. The standard InChI is InChI=1S/C26H22FN5O5S2/c1-37-22-11-16(5-6-17(22)12-28)24-18(8-15-4-7-23(19(27)9-15)39(29,35)36)21(10-14-2-3-14)32(31-24)26-30-20(13-38-26)25(33)34/h4-7,9,11,13-14H,2-3,8,10H2,1H3,(H,33,34)(H2,29,35,36). The van der Waals surface area contributed by atoms with Crippen molar-refractivity contribution in [2.24, 2.45) is 11.1 Å². The van der Waals surface area contributed by atoms with Crippen LogP contribution in [0.1, 0.15) is 45.7 Å². The number of aromatic nitrogens is 3. The number of nitriles is 1. The maximum Gasteiger partial charge on any atom is 0.355 e. The Kier molecular flexibility index (Phi) is 6.94. The molecule has 1 aliphatic rings. The van der Waals surface area contributed by atoms with Crippen LogP contribution in [0.2, 0.25) is 0 Å². The Hall–Kier alpha value is -4.12. The van der Waals surface area contributed by atoms with Gasteiger partial charge in [0, 0.05) is 22.9 Å². The maximum absolute atomic E-state index is 14.7. The van der Waals surface area contributed by atoms with Gasteiger partial charge in [-0.3, -0.25) is 0 Å². The van der Waals surface area contributed by atoms with Crippen LogP contribution in [-0.4, -0.2) is 41.4 Å². The molecule has 1 fully saturated rings. The van der Waals surface area contributed by atoms with Crippen LogP contribution in [0.3, 0.4) is 0 Å². The van der Waals surface area contributed by atoms with Crippen LogP contribution in [0, 0.1) is 23.1 Å². The number of benzene rings is 2. The molecule has 13 heteroatoms. The number of sulfonamides is 1. The molecule has 0 saturated heterocycles. The van der Waals surface area contributed by atoms with Gasteiger partial charge >= 0.3 is 5.97 Å². The number of primary sulfonamides is 1. The second-order valence-electron chi connectivity index (χ2n) is 9.17. The second kappa shape index (κ2) is 10.2. The summed E-state index contributed by atoms with van der Waals surface area (Å²) in [4.78, 5) is 15.2. The van der Waals surface area contributed by atoms with Gasteiger partial charge in [0.1, 0.15) is 22.5 Å². The SMILES string of the molecule is COc1cc(-c2nn(-c3nc(C(=O)O)cs3)c(CC3CC3)c2Cc2ccc(S(N)(=O)=O)c(F)c2)ccc1C#N. The van der Waals surface area contributed by atoms with Gasteiger partial charge < -0.3 is 9.84 Å². The molecule has 2 aromatic heterocycles. The monoisotopic (exact) mass is 567 g/mol. The zero-order valence-electron chi connectivity index (χ0n) is 20.6. The lowest BCUT2D eigenvalue weighted by Gasteiger charge is -2.10. The normalized spacial score (nSPS) is 13.3. The van der Waals surface area contributed by atoms with Crippen LogP contribution in [0.25, 0.3) is 16.4 Å². The number of nitrogens with zero attached hydrogens (tertiary/aromatic N) is 4.